The summed E-state index contributed by atoms with van der Waals surface area (Å²) >= 11 is 0. The molecule has 1 aromatic heterocycles. The molecule has 1 saturated heterocycles. The highest BCUT2D eigenvalue weighted by Crippen LogP contribution is 2.40. The Morgan fingerprint density at radius 2 is 1.90 bits per heavy atom. The van der Waals surface area contributed by atoms with Gasteiger partial charge >= 0.3 is 0 Å². The van der Waals surface area contributed by atoms with Gasteiger partial charge in [0, 0.05) is 56.7 Å². The van der Waals surface area contributed by atoms with E-state index in [1.54, 1.807) is 0 Å². The number of ether oxygens (including phenoxy) is 2. The summed E-state index contributed by atoms with van der Waals surface area (Å²) in [6, 6.07) is 0.0709. The molecule has 2 N–H and O–H groups in total. The Labute approximate surface area is 251 Å². The molecule has 4 fully saturated rings. The number of hydrogen-bond donors (Lipinski definition) is 1. The first-order valence-electron chi connectivity index (χ1n) is 16.7. The number of carbonyl (C=O) groups excluding carboxylic acids is 2. The molecule has 0 bridgehead atoms. The van der Waals surface area contributed by atoms with Gasteiger partial charge in [0.05, 0.1) is 24.4 Å². The number of nitrogens with two attached hydrogens (primary N) is 1. The van der Waals surface area contributed by atoms with E-state index in [2.05, 4.69) is 30.0 Å². The first kappa shape index (κ1) is 31.4. The zero-order valence-electron chi connectivity index (χ0n) is 26.0. The number of rotatable bonds is 9. The number of alkyl halides is 1. The number of fused-ring (bicyclic) bond motifs is 1. The predicted molar refractivity (Wildman–Crippen MR) is 159 cm³/mol. The third-order valence-electron chi connectivity index (χ3n) is 11.1. The summed E-state index contributed by atoms with van der Waals surface area (Å²) in [4.78, 5) is 27.2. The molecule has 0 aromatic carbocycles. The number of aromatic nitrogens is 2. The number of hydrogen-bond acceptors (Lipinski definition) is 5. The van der Waals surface area contributed by atoms with Gasteiger partial charge in [0.25, 0.3) is 0 Å². The zero-order valence-corrected chi connectivity index (χ0v) is 26.0. The third kappa shape index (κ3) is 7.20. The Morgan fingerprint density at radius 1 is 1.10 bits per heavy atom. The molecule has 3 aliphatic carbocycles. The molecule has 5 rings (SSSR count). The fraction of sp³-hybridized carbons (Fsp3) is 0.848. The second-order valence-electron chi connectivity index (χ2n) is 13.9. The summed E-state index contributed by atoms with van der Waals surface area (Å²) in [7, 11) is 0. The lowest BCUT2D eigenvalue weighted by atomic mass is 9.73. The van der Waals surface area contributed by atoms with Crippen LogP contribution in [0.4, 0.5) is 4.39 Å². The molecule has 4 aliphatic rings. The lowest BCUT2D eigenvalue weighted by Gasteiger charge is -2.41. The van der Waals surface area contributed by atoms with Crippen molar-refractivity contribution in [2.75, 3.05) is 19.8 Å². The predicted octanol–water partition coefficient (Wildman–Crippen LogP) is 5.24. The molecule has 0 spiro atoms. The van der Waals surface area contributed by atoms with Crippen molar-refractivity contribution >= 4 is 11.8 Å². The summed E-state index contributed by atoms with van der Waals surface area (Å²) in [6.45, 7) is 9.17. The maximum Gasteiger partial charge on any atom is 0.222 e. The van der Waals surface area contributed by atoms with Crippen LogP contribution in [0.25, 0.3) is 0 Å². The molecule has 1 aromatic rings. The molecule has 236 valence electrons. The van der Waals surface area contributed by atoms with Crippen molar-refractivity contribution in [2.24, 2.45) is 35.3 Å². The zero-order chi connectivity index (χ0) is 29.8. The first-order chi connectivity index (χ1) is 20.2. The first-order valence-corrected chi connectivity index (χ1v) is 16.7. The van der Waals surface area contributed by atoms with E-state index >= 15 is 4.39 Å². The van der Waals surface area contributed by atoms with Crippen LogP contribution in [0.5, 0.6) is 0 Å². The Morgan fingerprint density at radius 3 is 2.69 bits per heavy atom. The molecular formula is C33H53FN4O4. The van der Waals surface area contributed by atoms with Crippen molar-refractivity contribution in [1.82, 2.24) is 14.7 Å². The summed E-state index contributed by atoms with van der Waals surface area (Å²) in [5.41, 5.74) is 6.58. The van der Waals surface area contributed by atoms with Gasteiger partial charge in [-0.05, 0) is 68.3 Å². The highest BCUT2D eigenvalue weighted by atomic mass is 19.1. The highest BCUT2D eigenvalue weighted by molar-refractivity contribution is 5.77. The van der Waals surface area contributed by atoms with E-state index in [1.165, 1.54) is 12.8 Å². The van der Waals surface area contributed by atoms with Gasteiger partial charge in [0.2, 0.25) is 11.8 Å². The Bertz CT molecular complexity index is 1040. The minimum atomic E-state index is -1.07. The second-order valence-corrected chi connectivity index (χ2v) is 13.9. The maximum atomic E-state index is 15.1. The molecule has 2 amide bonds. The van der Waals surface area contributed by atoms with E-state index in [1.807, 2.05) is 17.8 Å². The Balaban J connectivity index is 1.17. The standard InChI is InChI=1S/C33H53FN4O4/c1-21-8-4-11-30(23(21)3)41-14-6-12-31(39)38-13-7-15-42-32-26(9-5-10-29(32)38)25-18-36-37(19-25)20-27-22(2)16-24(33(35)40)17-28(27)34/h18-19,21-24,26-30,32H,4-17,20H2,1-3H3,(H2,35,40). The number of nitrogens with zero attached hydrogens (tertiary/aromatic N) is 3. The lowest BCUT2D eigenvalue weighted by molar-refractivity contribution is -0.137. The van der Waals surface area contributed by atoms with E-state index in [9.17, 15) is 9.59 Å². The molecule has 10 atom stereocenters. The third-order valence-corrected chi connectivity index (χ3v) is 11.1. The van der Waals surface area contributed by atoms with Crippen LogP contribution in [0.2, 0.25) is 0 Å². The van der Waals surface area contributed by atoms with Crippen LogP contribution >= 0.6 is 0 Å². The van der Waals surface area contributed by atoms with E-state index < -0.39 is 12.1 Å². The van der Waals surface area contributed by atoms with Gasteiger partial charge in [-0.25, -0.2) is 4.39 Å². The van der Waals surface area contributed by atoms with Crippen LogP contribution in [0, 0.1) is 29.6 Å². The molecule has 10 unspecified atom stereocenters. The van der Waals surface area contributed by atoms with Gasteiger partial charge in [0.1, 0.15) is 6.17 Å². The Hall–Kier alpha value is -2.00. The van der Waals surface area contributed by atoms with Crippen molar-refractivity contribution < 1.29 is 23.5 Å². The maximum absolute atomic E-state index is 15.1. The van der Waals surface area contributed by atoms with E-state index in [-0.39, 0.29) is 48.1 Å². The van der Waals surface area contributed by atoms with Crippen LogP contribution in [0.15, 0.2) is 12.4 Å². The largest absolute Gasteiger partial charge is 0.378 e. The summed E-state index contributed by atoms with van der Waals surface area (Å²) in [6.07, 6.45) is 12.8. The summed E-state index contributed by atoms with van der Waals surface area (Å²) in [5, 5.41) is 4.63. The Kier molecular flexibility index (Phi) is 10.6. The summed E-state index contributed by atoms with van der Waals surface area (Å²) in [5.74, 6) is 0.755. The minimum absolute atomic E-state index is 0.0532. The van der Waals surface area contributed by atoms with Crippen molar-refractivity contribution in [3.63, 3.8) is 0 Å². The smallest absolute Gasteiger partial charge is 0.222 e. The van der Waals surface area contributed by atoms with Crippen LogP contribution in [0.3, 0.4) is 0 Å². The number of carbonyl (C=O) groups is 2. The van der Waals surface area contributed by atoms with Crippen LogP contribution < -0.4 is 5.73 Å². The van der Waals surface area contributed by atoms with E-state index in [4.69, 9.17) is 15.2 Å². The van der Waals surface area contributed by atoms with Crippen LogP contribution in [-0.2, 0) is 25.6 Å². The van der Waals surface area contributed by atoms with Gasteiger partial charge in [0.15, 0.2) is 0 Å². The SMILES string of the molecule is CC1CCCC(OCCCC(=O)N2CCCOC3C(c4cnn(CC5C(C)CC(C(N)=O)CC5F)c4)CCCC32)C1C. The minimum Gasteiger partial charge on any atom is -0.378 e. The lowest BCUT2D eigenvalue weighted by Crippen LogP contribution is -2.50. The van der Waals surface area contributed by atoms with Gasteiger partial charge in [-0.3, -0.25) is 14.3 Å². The number of amides is 2. The van der Waals surface area contributed by atoms with Gasteiger partial charge in [-0.2, -0.15) is 5.10 Å². The number of primary amides is 1. The molecule has 1 aliphatic heterocycles. The van der Waals surface area contributed by atoms with Gasteiger partial charge < -0.3 is 20.1 Å². The molecule has 9 heteroatoms. The van der Waals surface area contributed by atoms with Crippen molar-refractivity contribution in [2.45, 2.75) is 128 Å². The molecule has 3 saturated carbocycles. The normalized spacial score (nSPS) is 37.6. The monoisotopic (exact) mass is 588 g/mol. The van der Waals surface area contributed by atoms with Crippen molar-refractivity contribution in [1.29, 1.82) is 0 Å². The molecular weight excluding hydrogens is 535 g/mol. The van der Waals surface area contributed by atoms with Gasteiger partial charge in [-0.1, -0.05) is 40.0 Å². The fourth-order valence-electron chi connectivity index (χ4n) is 8.30. The highest BCUT2D eigenvalue weighted by Gasteiger charge is 2.42. The average Bonchev–Trinajstić information content (AvgIpc) is 3.32. The van der Waals surface area contributed by atoms with E-state index in [0.717, 1.165) is 50.6 Å². The average molecular weight is 589 g/mol. The molecule has 0 radical (unpaired) electrons. The fourth-order valence-corrected chi connectivity index (χ4v) is 8.30. The van der Waals surface area contributed by atoms with Crippen LogP contribution in [-0.4, -0.2) is 70.7 Å². The topological polar surface area (TPSA) is 99.7 Å². The van der Waals surface area contributed by atoms with Gasteiger partial charge in [-0.15, -0.1) is 0 Å². The van der Waals surface area contributed by atoms with E-state index in [0.29, 0.717) is 50.5 Å². The summed E-state index contributed by atoms with van der Waals surface area (Å²) < 4.78 is 29.6. The second kappa shape index (κ2) is 14.2. The molecule has 42 heavy (non-hydrogen) atoms. The molecule has 2 heterocycles. The van der Waals surface area contributed by atoms with Crippen molar-refractivity contribution in [3.05, 3.63) is 18.0 Å². The quantitative estimate of drug-likeness (QED) is 0.398. The van der Waals surface area contributed by atoms with Crippen molar-refractivity contribution in [3.8, 4) is 0 Å². The number of halogens is 1. The molecule has 8 nitrogen and oxygen atoms in total. The van der Waals surface area contributed by atoms with Crippen LogP contribution in [0.1, 0.15) is 103 Å².